The van der Waals surface area contributed by atoms with E-state index in [1.54, 1.807) is 32.1 Å². The molecule has 0 radical (unpaired) electrons. The van der Waals surface area contributed by atoms with E-state index in [0.29, 0.717) is 39.4 Å². The van der Waals surface area contributed by atoms with Crippen molar-refractivity contribution in [2.75, 3.05) is 13.2 Å². The zero-order chi connectivity index (χ0) is 21.8. The highest BCUT2D eigenvalue weighted by molar-refractivity contribution is 7.07. The average molecular weight is 431 g/mol. The molecule has 0 fully saturated rings. The SMILES string of the molecule is CCC[C@@H]1N=c2s/c(=C\c3ccc(O)c(OCC)c3)c(=O)n2C(C)=C1C(=O)OCC. The Bertz CT molecular complexity index is 1160. The summed E-state index contributed by atoms with van der Waals surface area (Å²) in [5.74, 6) is -0.0149. The fourth-order valence-electron chi connectivity index (χ4n) is 3.43. The number of carbonyl (C=O) groups is 1. The normalized spacial score (nSPS) is 16.3. The van der Waals surface area contributed by atoms with Gasteiger partial charge in [0.05, 0.1) is 29.4 Å². The first-order valence-electron chi connectivity index (χ1n) is 10.1. The molecule has 1 aliphatic heterocycles. The zero-order valence-corrected chi connectivity index (χ0v) is 18.4. The maximum atomic E-state index is 13.1. The summed E-state index contributed by atoms with van der Waals surface area (Å²) in [4.78, 5) is 30.9. The largest absolute Gasteiger partial charge is 0.504 e. The molecule has 0 unspecified atom stereocenters. The van der Waals surface area contributed by atoms with Crippen LogP contribution in [0.4, 0.5) is 0 Å². The van der Waals surface area contributed by atoms with Gasteiger partial charge in [0.25, 0.3) is 5.56 Å². The van der Waals surface area contributed by atoms with Crippen LogP contribution in [0, 0.1) is 0 Å². The van der Waals surface area contributed by atoms with E-state index in [9.17, 15) is 14.7 Å². The molecule has 7 nitrogen and oxygen atoms in total. The predicted molar refractivity (Wildman–Crippen MR) is 116 cm³/mol. The molecule has 0 aliphatic carbocycles. The molecule has 160 valence electrons. The van der Waals surface area contributed by atoms with E-state index in [1.807, 2.05) is 13.8 Å². The van der Waals surface area contributed by atoms with E-state index in [4.69, 9.17) is 14.5 Å². The first-order valence-corrected chi connectivity index (χ1v) is 10.9. The van der Waals surface area contributed by atoms with Crippen molar-refractivity contribution in [3.8, 4) is 11.5 Å². The second kappa shape index (κ2) is 9.30. The fourth-order valence-corrected chi connectivity index (χ4v) is 4.49. The number of allylic oxidation sites excluding steroid dienone is 1. The minimum absolute atomic E-state index is 0.0476. The second-order valence-electron chi connectivity index (χ2n) is 6.85. The number of hydrogen-bond acceptors (Lipinski definition) is 7. The van der Waals surface area contributed by atoms with Gasteiger partial charge in [-0.25, -0.2) is 9.79 Å². The quantitative estimate of drug-likeness (QED) is 0.682. The van der Waals surface area contributed by atoms with Gasteiger partial charge in [0, 0.05) is 5.70 Å². The van der Waals surface area contributed by atoms with Crippen LogP contribution >= 0.6 is 11.3 Å². The Morgan fingerprint density at radius 2 is 2.07 bits per heavy atom. The molecule has 3 rings (SSSR count). The average Bonchev–Trinajstić information content (AvgIpc) is 3.00. The smallest absolute Gasteiger partial charge is 0.337 e. The number of nitrogens with zero attached hydrogens (tertiary/aromatic N) is 2. The van der Waals surface area contributed by atoms with E-state index in [2.05, 4.69) is 0 Å². The van der Waals surface area contributed by atoms with Crippen LogP contribution in [-0.2, 0) is 9.53 Å². The van der Waals surface area contributed by atoms with Crippen LogP contribution in [0.3, 0.4) is 0 Å². The van der Waals surface area contributed by atoms with Gasteiger partial charge in [0.2, 0.25) is 0 Å². The summed E-state index contributed by atoms with van der Waals surface area (Å²) >= 11 is 1.28. The van der Waals surface area contributed by atoms with E-state index in [1.165, 1.54) is 22.0 Å². The molecule has 8 heteroatoms. The van der Waals surface area contributed by atoms with E-state index in [0.717, 1.165) is 12.0 Å². The Balaban J connectivity index is 2.16. The van der Waals surface area contributed by atoms with Crippen molar-refractivity contribution in [1.82, 2.24) is 4.57 Å². The first kappa shape index (κ1) is 21.8. The Morgan fingerprint density at radius 3 is 2.73 bits per heavy atom. The zero-order valence-electron chi connectivity index (χ0n) is 17.6. The van der Waals surface area contributed by atoms with Crippen LogP contribution in [0.5, 0.6) is 11.5 Å². The molecule has 1 aromatic heterocycles. The van der Waals surface area contributed by atoms with Gasteiger partial charge >= 0.3 is 5.97 Å². The number of aromatic nitrogens is 1. The Hall–Kier alpha value is -2.87. The number of phenols is 1. The number of phenolic OH excluding ortho intramolecular Hbond substituents is 1. The molecule has 30 heavy (non-hydrogen) atoms. The standard InChI is InChI=1S/C22H26N2O5S/c1-5-8-15-19(21(27)29-7-3)13(4)24-20(26)18(30-22(24)23-15)12-14-9-10-16(25)17(11-14)28-6-2/h9-12,15,25H,5-8H2,1-4H3/b18-12-/t15-/m0/s1. The summed E-state index contributed by atoms with van der Waals surface area (Å²) in [5, 5.41) is 9.89. The van der Waals surface area contributed by atoms with Crippen LogP contribution in [-0.4, -0.2) is 34.9 Å². The van der Waals surface area contributed by atoms with Gasteiger partial charge in [-0.15, -0.1) is 0 Å². The number of aromatic hydroxyl groups is 1. The van der Waals surface area contributed by atoms with Gasteiger partial charge in [0.1, 0.15) is 0 Å². The lowest BCUT2D eigenvalue weighted by Crippen LogP contribution is -2.37. The highest BCUT2D eigenvalue weighted by Gasteiger charge is 2.29. The van der Waals surface area contributed by atoms with E-state index < -0.39 is 5.97 Å². The third-order valence-electron chi connectivity index (χ3n) is 4.77. The number of ether oxygens (including phenoxy) is 2. The van der Waals surface area contributed by atoms with Crippen LogP contribution < -0.4 is 19.6 Å². The molecule has 1 aromatic carbocycles. The highest BCUT2D eigenvalue weighted by atomic mass is 32.1. The molecule has 0 saturated carbocycles. The summed E-state index contributed by atoms with van der Waals surface area (Å²) in [5.41, 5.74) is 1.50. The van der Waals surface area contributed by atoms with Gasteiger partial charge in [-0.2, -0.15) is 0 Å². The van der Waals surface area contributed by atoms with Gasteiger partial charge in [-0.1, -0.05) is 30.7 Å². The van der Waals surface area contributed by atoms with Gasteiger partial charge in [-0.05, 0) is 51.0 Å². The lowest BCUT2D eigenvalue weighted by atomic mass is 10.00. The number of rotatable bonds is 7. The first-order chi connectivity index (χ1) is 14.4. The van der Waals surface area contributed by atoms with Gasteiger partial charge < -0.3 is 14.6 Å². The summed E-state index contributed by atoms with van der Waals surface area (Å²) in [7, 11) is 0. The van der Waals surface area contributed by atoms with Crippen molar-refractivity contribution < 1.29 is 19.4 Å². The molecule has 1 N–H and O–H groups in total. The monoisotopic (exact) mass is 430 g/mol. The minimum atomic E-state index is -0.425. The predicted octanol–water partition coefficient (Wildman–Crippen LogP) is 2.44. The van der Waals surface area contributed by atoms with Crippen molar-refractivity contribution in [2.24, 2.45) is 4.99 Å². The summed E-state index contributed by atoms with van der Waals surface area (Å²) in [6, 6.07) is 4.61. The van der Waals surface area contributed by atoms with Crippen molar-refractivity contribution in [2.45, 2.75) is 46.6 Å². The van der Waals surface area contributed by atoms with E-state index in [-0.39, 0.29) is 24.0 Å². The Kier molecular flexibility index (Phi) is 6.77. The number of carbonyl (C=O) groups excluding carboxylic acids is 1. The van der Waals surface area contributed by atoms with Gasteiger partial charge in [-0.3, -0.25) is 9.36 Å². The number of hydrogen-bond donors (Lipinski definition) is 1. The van der Waals surface area contributed by atoms with Crippen LogP contribution in [0.2, 0.25) is 0 Å². The Labute approximate surface area is 178 Å². The topological polar surface area (TPSA) is 90.1 Å². The molecule has 2 aromatic rings. The summed E-state index contributed by atoms with van der Waals surface area (Å²) in [6.45, 7) is 8.07. The second-order valence-corrected chi connectivity index (χ2v) is 7.86. The molecule has 0 saturated heterocycles. The number of thiazole rings is 1. The lowest BCUT2D eigenvalue weighted by molar-refractivity contribution is -0.138. The number of benzene rings is 1. The van der Waals surface area contributed by atoms with Crippen molar-refractivity contribution in [1.29, 1.82) is 0 Å². The van der Waals surface area contributed by atoms with Crippen LogP contribution in [0.1, 0.15) is 46.1 Å². The molecule has 1 aliphatic rings. The molecular formula is C22H26N2O5S. The molecule has 0 spiro atoms. The minimum Gasteiger partial charge on any atom is -0.504 e. The molecule has 2 heterocycles. The van der Waals surface area contributed by atoms with Crippen molar-refractivity contribution in [3.63, 3.8) is 0 Å². The molecule has 0 bridgehead atoms. The molecule has 1 atom stereocenters. The fraction of sp³-hybridized carbons (Fsp3) is 0.409. The van der Waals surface area contributed by atoms with Crippen molar-refractivity contribution in [3.05, 3.63) is 49.0 Å². The maximum Gasteiger partial charge on any atom is 0.337 e. The highest BCUT2D eigenvalue weighted by Crippen LogP contribution is 2.27. The van der Waals surface area contributed by atoms with E-state index >= 15 is 0 Å². The maximum absolute atomic E-state index is 13.1. The number of esters is 1. The summed E-state index contributed by atoms with van der Waals surface area (Å²) < 4.78 is 12.6. The lowest BCUT2D eigenvalue weighted by Gasteiger charge is -2.21. The molecular weight excluding hydrogens is 404 g/mol. The summed E-state index contributed by atoms with van der Waals surface area (Å²) in [6.07, 6.45) is 3.29. The van der Waals surface area contributed by atoms with Crippen LogP contribution in [0.15, 0.2) is 33.6 Å². The molecule has 0 amide bonds. The van der Waals surface area contributed by atoms with Crippen LogP contribution in [0.25, 0.3) is 11.8 Å². The Morgan fingerprint density at radius 1 is 1.30 bits per heavy atom. The van der Waals surface area contributed by atoms with Gasteiger partial charge in [0.15, 0.2) is 16.3 Å². The third-order valence-corrected chi connectivity index (χ3v) is 5.75. The van der Waals surface area contributed by atoms with Crippen molar-refractivity contribution >= 4 is 29.1 Å². The number of fused-ring (bicyclic) bond motifs is 1. The third kappa shape index (κ3) is 4.18.